The molecule has 0 aliphatic heterocycles. The summed E-state index contributed by atoms with van der Waals surface area (Å²) in [6.45, 7) is 7.66. The molecule has 0 fully saturated rings. The van der Waals surface area contributed by atoms with Crippen LogP contribution in [0.2, 0.25) is 0 Å². The van der Waals surface area contributed by atoms with Gasteiger partial charge in [-0.1, -0.05) is 60.1 Å². The van der Waals surface area contributed by atoms with Gasteiger partial charge in [0.15, 0.2) is 0 Å². The topological polar surface area (TPSA) is 58.2 Å². The van der Waals surface area contributed by atoms with Gasteiger partial charge < -0.3 is 10.6 Å². The first-order chi connectivity index (χ1) is 12.3. The summed E-state index contributed by atoms with van der Waals surface area (Å²) in [6, 6.07) is 14.4. The van der Waals surface area contributed by atoms with E-state index < -0.39 is 6.04 Å². The van der Waals surface area contributed by atoms with Crippen LogP contribution in [-0.4, -0.2) is 17.9 Å². The second kappa shape index (κ2) is 8.99. The fraction of sp³-hybridized carbons (Fsp3) is 0.333. The van der Waals surface area contributed by atoms with E-state index >= 15 is 0 Å². The number of aryl methyl sites for hydroxylation is 1. The van der Waals surface area contributed by atoms with Gasteiger partial charge in [0, 0.05) is 10.0 Å². The summed E-state index contributed by atoms with van der Waals surface area (Å²) < 4.78 is 0.991. The van der Waals surface area contributed by atoms with Crippen LogP contribution in [0.1, 0.15) is 48.3 Å². The van der Waals surface area contributed by atoms with Crippen molar-refractivity contribution in [3.63, 3.8) is 0 Å². The summed E-state index contributed by atoms with van der Waals surface area (Å²) in [5.74, 6) is -0.439. The smallest absolute Gasteiger partial charge is 0.252 e. The molecule has 0 radical (unpaired) electrons. The molecule has 2 amide bonds. The summed E-state index contributed by atoms with van der Waals surface area (Å²) in [7, 11) is 0. The minimum absolute atomic E-state index is 0.0277. The van der Waals surface area contributed by atoms with Crippen molar-refractivity contribution in [2.45, 2.75) is 39.8 Å². The number of halogens is 1. The number of nitrogens with one attached hydrogen (secondary N) is 2. The molecule has 0 heterocycles. The number of hydrogen-bond acceptors (Lipinski definition) is 2. The Kier molecular flexibility index (Phi) is 6.98. The molecule has 2 atom stereocenters. The third kappa shape index (κ3) is 5.18. The summed E-state index contributed by atoms with van der Waals surface area (Å²) in [6.07, 6.45) is 0. The van der Waals surface area contributed by atoms with E-state index in [1.165, 1.54) is 0 Å². The Morgan fingerprint density at radius 3 is 2.12 bits per heavy atom. The number of rotatable bonds is 6. The third-order valence-electron chi connectivity index (χ3n) is 4.35. The van der Waals surface area contributed by atoms with Gasteiger partial charge in [-0.15, -0.1) is 0 Å². The lowest BCUT2D eigenvalue weighted by atomic mass is 10.0. The average molecular weight is 417 g/mol. The Morgan fingerprint density at radius 2 is 1.54 bits per heavy atom. The van der Waals surface area contributed by atoms with Gasteiger partial charge in [-0.3, -0.25) is 9.59 Å². The summed E-state index contributed by atoms with van der Waals surface area (Å²) in [5.41, 5.74) is 2.48. The van der Waals surface area contributed by atoms with Gasteiger partial charge >= 0.3 is 0 Å². The molecule has 0 aromatic heterocycles. The van der Waals surface area contributed by atoms with Gasteiger partial charge in [0.05, 0.1) is 6.04 Å². The maximum absolute atomic E-state index is 12.8. The molecule has 138 valence electrons. The van der Waals surface area contributed by atoms with Crippen LogP contribution in [-0.2, 0) is 4.79 Å². The van der Waals surface area contributed by atoms with E-state index in [0.717, 1.165) is 15.6 Å². The molecule has 5 heteroatoms. The summed E-state index contributed by atoms with van der Waals surface area (Å²) >= 11 is 3.41. The van der Waals surface area contributed by atoms with Crippen LogP contribution in [0.15, 0.2) is 53.0 Å². The number of amides is 2. The highest BCUT2D eigenvalue weighted by molar-refractivity contribution is 9.10. The van der Waals surface area contributed by atoms with Crippen LogP contribution in [0, 0.1) is 12.8 Å². The van der Waals surface area contributed by atoms with Gasteiger partial charge in [0.2, 0.25) is 5.91 Å². The van der Waals surface area contributed by atoms with E-state index in [-0.39, 0.29) is 23.8 Å². The quantitative estimate of drug-likeness (QED) is 0.733. The highest BCUT2D eigenvalue weighted by Crippen LogP contribution is 2.17. The van der Waals surface area contributed by atoms with E-state index in [2.05, 4.69) is 26.6 Å². The summed E-state index contributed by atoms with van der Waals surface area (Å²) in [5, 5.41) is 5.88. The molecule has 2 unspecified atom stereocenters. The molecule has 0 saturated heterocycles. The third-order valence-corrected chi connectivity index (χ3v) is 4.88. The zero-order valence-corrected chi connectivity index (χ0v) is 17.1. The number of carbonyl (C=O) groups is 2. The van der Waals surface area contributed by atoms with E-state index in [9.17, 15) is 9.59 Å². The normalized spacial score (nSPS) is 13.2. The highest BCUT2D eigenvalue weighted by Gasteiger charge is 2.26. The fourth-order valence-corrected chi connectivity index (χ4v) is 2.98. The van der Waals surface area contributed by atoms with Crippen LogP contribution in [0.5, 0.6) is 0 Å². The van der Waals surface area contributed by atoms with Crippen LogP contribution in [0.25, 0.3) is 0 Å². The van der Waals surface area contributed by atoms with Gasteiger partial charge in [-0.25, -0.2) is 0 Å². The molecule has 2 N–H and O–H groups in total. The molecule has 0 saturated carbocycles. The van der Waals surface area contributed by atoms with E-state index in [1.54, 1.807) is 6.07 Å². The first-order valence-corrected chi connectivity index (χ1v) is 9.51. The minimum atomic E-state index is -0.597. The predicted octanol–water partition coefficient (Wildman–Crippen LogP) is 4.39. The Morgan fingerprint density at radius 1 is 0.923 bits per heavy atom. The monoisotopic (exact) mass is 416 g/mol. The number of benzene rings is 2. The van der Waals surface area contributed by atoms with Crippen molar-refractivity contribution in [2.24, 2.45) is 5.92 Å². The average Bonchev–Trinajstić information content (AvgIpc) is 2.59. The van der Waals surface area contributed by atoms with Gasteiger partial charge in [-0.2, -0.15) is 0 Å². The SMILES string of the molecule is Cc1ccccc1C(=O)NC(C(=O)NC(C)c1ccc(Br)cc1)C(C)C. The maximum Gasteiger partial charge on any atom is 0.252 e. The van der Waals surface area contributed by atoms with E-state index in [4.69, 9.17) is 0 Å². The van der Waals surface area contributed by atoms with Gasteiger partial charge in [0.25, 0.3) is 5.91 Å². The molecule has 4 nitrogen and oxygen atoms in total. The molecule has 26 heavy (non-hydrogen) atoms. The zero-order valence-electron chi connectivity index (χ0n) is 15.5. The molecule has 2 aromatic carbocycles. The van der Waals surface area contributed by atoms with Crippen molar-refractivity contribution in [1.82, 2.24) is 10.6 Å². The molecule has 0 spiro atoms. The first kappa shape index (κ1) is 20.2. The van der Waals surface area contributed by atoms with Crippen LogP contribution >= 0.6 is 15.9 Å². The summed E-state index contributed by atoms with van der Waals surface area (Å²) in [4.78, 5) is 25.3. The van der Waals surface area contributed by atoms with Crippen LogP contribution < -0.4 is 10.6 Å². The lowest BCUT2D eigenvalue weighted by molar-refractivity contribution is -0.124. The van der Waals surface area contributed by atoms with Gasteiger partial charge in [-0.05, 0) is 49.1 Å². The van der Waals surface area contributed by atoms with Crippen LogP contribution in [0.4, 0.5) is 0 Å². The van der Waals surface area contributed by atoms with Crippen molar-refractivity contribution in [1.29, 1.82) is 0 Å². The zero-order chi connectivity index (χ0) is 19.3. The number of hydrogen-bond donors (Lipinski definition) is 2. The number of carbonyl (C=O) groups excluding carboxylic acids is 2. The van der Waals surface area contributed by atoms with Crippen molar-refractivity contribution in [2.75, 3.05) is 0 Å². The molecule has 0 aliphatic rings. The minimum Gasteiger partial charge on any atom is -0.348 e. The molecular formula is C21H25BrN2O2. The van der Waals surface area contributed by atoms with E-state index in [0.29, 0.717) is 5.56 Å². The van der Waals surface area contributed by atoms with Gasteiger partial charge in [0.1, 0.15) is 6.04 Å². The van der Waals surface area contributed by atoms with Crippen molar-refractivity contribution in [3.8, 4) is 0 Å². The lowest BCUT2D eigenvalue weighted by Gasteiger charge is -2.24. The Balaban J connectivity index is 2.08. The molecule has 0 bridgehead atoms. The Bertz CT molecular complexity index is 772. The Hall–Kier alpha value is -2.14. The van der Waals surface area contributed by atoms with E-state index in [1.807, 2.05) is 70.2 Å². The molecule has 0 aliphatic carbocycles. The van der Waals surface area contributed by atoms with Crippen molar-refractivity contribution in [3.05, 3.63) is 69.7 Å². The predicted molar refractivity (Wildman–Crippen MR) is 108 cm³/mol. The maximum atomic E-state index is 12.8. The van der Waals surface area contributed by atoms with Crippen molar-refractivity contribution >= 4 is 27.7 Å². The van der Waals surface area contributed by atoms with Crippen LogP contribution in [0.3, 0.4) is 0 Å². The Labute approximate surface area is 163 Å². The molecule has 2 rings (SSSR count). The lowest BCUT2D eigenvalue weighted by Crippen LogP contribution is -2.50. The second-order valence-corrected chi connectivity index (χ2v) is 7.71. The molecule has 2 aromatic rings. The first-order valence-electron chi connectivity index (χ1n) is 8.72. The largest absolute Gasteiger partial charge is 0.348 e. The van der Waals surface area contributed by atoms with Crippen molar-refractivity contribution < 1.29 is 9.59 Å². The second-order valence-electron chi connectivity index (χ2n) is 6.79. The standard InChI is InChI=1S/C21H25BrN2O2/c1-13(2)19(24-20(25)18-8-6-5-7-14(18)3)21(26)23-15(4)16-9-11-17(22)12-10-16/h5-13,15,19H,1-4H3,(H,23,26)(H,24,25). The molecular weight excluding hydrogens is 392 g/mol. The fourth-order valence-electron chi connectivity index (χ4n) is 2.72. The highest BCUT2D eigenvalue weighted by atomic mass is 79.9.